The molecule has 0 amide bonds. The highest BCUT2D eigenvalue weighted by molar-refractivity contribution is 5.62. The van der Waals surface area contributed by atoms with Gasteiger partial charge in [-0.05, 0) is 38.0 Å². The van der Waals surface area contributed by atoms with Crippen LogP contribution in [0.15, 0.2) is 24.2 Å². The minimum atomic E-state index is -2.96. The molecular weight excluding hydrogens is 278 g/mol. The first-order chi connectivity index (χ1) is 15.1. The van der Waals surface area contributed by atoms with Gasteiger partial charge in [0.05, 0.1) is 15.3 Å². The van der Waals surface area contributed by atoms with Gasteiger partial charge in [-0.25, -0.2) is 0 Å². The lowest BCUT2D eigenvalue weighted by Gasteiger charge is -2.56. The van der Waals surface area contributed by atoms with Crippen LogP contribution in [0.4, 0.5) is 0 Å². The molecule has 2 heterocycles. The van der Waals surface area contributed by atoms with Crippen LogP contribution in [0.1, 0.15) is 31.3 Å². The summed E-state index contributed by atoms with van der Waals surface area (Å²) in [7, 11) is -2.96. The summed E-state index contributed by atoms with van der Waals surface area (Å²) in [5.74, 6) is -1.59. The predicted octanol–water partition coefficient (Wildman–Crippen LogP) is 1.50. The Balaban J connectivity index is 1.86. The number of nitrogens with zero attached hydrogens (tertiary/aromatic N) is 1. The normalized spacial score (nSPS) is 56.1. The fraction of sp³-hybridized carbons (Fsp3) is 0.556. The molecule has 4 nitrogen and oxygen atoms in total. The zero-order valence-corrected chi connectivity index (χ0v) is 11.6. The second-order valence-electron chi connectivity index (χ2n) is 6.15. The Hall–Kier alpha value is -1.52. The molecule has 1 spiro atoms. The maximum Gasteiger partial charge on any atom is 0.211 e. The number of ether oxygens (including phenoxy) is 2. The topological polar surface area (TPSA) is 41.9 Å². The number of rotatable bonds is 2. The lowest BCUT2D eigenvalue weighted by atomic mass is 9.53. The molecule has 5 atom stereocenters. The van der Waals surface area contributed by atoms with Gasteiger partial charge >= 0.3 is 0 Å². The first-order valence-corrected chi connectivity index (χ1v) is 7.24. The summed E-state index contributed by atoms with van der Waals surface area (Å²) in [5, 5.41) is 4.79. The van der Waals surface area contributed by atoms with Gasteiger partial charge in [-0.2, -0.15) is 0 Å². The Bertz CT molecular complexity index is 1070. The highest BCUT2D eigenvalue weighted by atomic mass is 16.5. The lowest BCUT2D eigenvalue weighted by molar-refractivity contribution is -0.0453. The van der Waals surface area contributed by atoms with Crippen molar-refractivity contribution in [1.82, 2.24) is 4.90 Å². The highest BCUT2D eigenvalue weighted by Crippen LogP contribution is 2.62. The molecule has 1 aromatic carbocycles. The summed E-state index contributed by atoms with van der Waals surface area (Å²) in [5.41, 5.74) is -0.973. The summed E-state index contributed by atoms with van der Waals surface area (Å²) in [4.78, 5) is 1.07. The fourth-order valence-corrected chi connectivity index (χ4v) is 4.47. The Labute approximate surface area is 145 Å². The third-order valence-corrected chi connectivity index (χ3v) is 5.32. The summed E-state index contributed by atoms with van der Waals surface area (Å²) in [6.45, 7) is -2.72. The lowest BCUT2D eigenvalue weighted by Crippen LogP contribution is -2.64. The molecule has 2 aliphatic heterocycles. The number of likely N-dealkylation sites (tertiary alicyclic amines) is 1. The molecule has 4 aliphatic rings. The maximum atomic E-state index is 9.32. The van der Waals surface area contributed by atoms with Crippen molar-refractivity contribution in [2.24, 2.45) is 5.92 Å². The zero-order chi connectivity index (χ0) is 24.4. The standard InChI is InChI=1S/C18H21NO3/c1-19-8-7-18-11-4-5-13(20)17(18)22-16-14(21-2)6-3-10(15(16)18)9-12(11)19/h3-6,11-13,17,20H,7-9H2,1-2H3/t11-,12+,13?,17?,18-/m0/s1/i1D3,2D3,3D,6D,12D,17D,20D. The molecule has 2 unspecified atom stereocenters. The molecule has 1 N–H and O–H groups in total. The SMILES string of the molecule is [2H]OC1C=C[C@H]2[C@@]3([2H])Cc4c([2H])c([2H])c(OC([2H])([2H])[2H])c5c4[C@@]2(CCN3C([2H])([2H])[2H])C1([2H])O5. The average Bonchev–Trinajstić information content (AvgIpc) is 2.94. The van der Waals surface area contributed by atoms with Crippen molar-refractivity contribution >= 4 is 0 Å². The molecule has 0 aromatic heterocycles. The molecule has 1 aromatic rings. The number of benzene rings is 1. The third kappa shape index (κ3) is 1.28. The van der Waals surface area contributed by atoms with Crippen molar-refractivity contribution in [2.75, 3.05) is 20.6 Å². The van der Waals surface area contributed by atoms with E-state index in [4.69, 9.17) is 27.0 Å². The predicted molar refractivity (Wildman–Crippen MR) is 82.5 cm³/mol. The van der Waals surface area contributed by atoms with E-state index in [0.29, 0.717) is 0 Å². The average molecular weight is 310 g/mol. The van der Waals surface area contributed by atoms with Crippen LogP contribution in [0, 0.1) is 5.92 Å². The monoisotopic (exact) mass is 310 g/mol. The van der Waals surface area contributed by atoms with Crippen molar-refractivity contribution in [3.05, 3.63) is 35.4 Å². The van der Waals surface area contributed by atoms with E-state index in [-0.39, 0.29) is 36.3 Å². The van der Waals surface area contributed by atoms with Crippen LogP contribution in [0.2, 0.25) is 0 Å². The van der Waals surface area contributed by atoms with Gasteiger partial charge in [-0.1, -0.05) is 18.2 Å². The van der Waals surface area contributed by atoms with Crippen molar-refractivity contribution in [3.63, 3.8) is 0 Å². The number of aliphatic hydroxyl groups is 1. The van der Waals surface area contributed by atoms with Gasteiger partial charge in [0.1, 0.15) is 12.2 Å². The van der Waals surface area contributed by atoms with Crippen LogP contribution in [-0.2, 0) is 11.8 Å². The minimum Gasteiger partial charge on any atom is -0.493 e. The van der Waals surface area contributed by atoms with E-state index in [0.717, 1.165) is 4.90 Å². The maximum absolute atomic E-state index is 9.32. The molecule has 0 radical (unpaired) electrons. The Morgan fingerprint density at radius 3 is 3.45 bits per heavy atom. The molecule has 22 heavy (non-hydrogen) atoms. The van der Waals surface area contributed by atoms with Crippen LogP contribution in [0.25, 0.3) is 0 Å². The largest absolute Gasteiger partial charge is 0.493 e. The van der Waals surface area contributed by atoms with Crippen molar-refractivity contribution < 1.29 is 28.3 Å². The zero-order valence-electron chi connectivity index (χ0n) is 22.6. The van der Waals surface area contributed by atoms with E-state index in [2.05, 4.69) is 0 Å². The summed E-state index contributed by atoms with van der Waals surface area (Å²) in [6, 6.07) is -2.79. The highest BCUT2D eigenvalue weighted by Gasteiger charge is 2.64. The second-order valence-corrected chi connectivity index (χ2v) is 6.15. The summed E-state index contributed by atoms with van der Waals surface area (Å²) in [6.07, 6.45) is -0.574. The van der Waals surface area contributed by atoms with E-state index < -0.39 is 61.4 Å². The molecule has 116 valence electrons. The van der Waals surface area contributed by atoms with E-state index >= 15 is 0 Å². The van der Waals surface area contributed by atoms with Gasteiger partial charge in [0, 0.05) is 28.4 Å². The van der Waals surface area contributed by atoms with E-state index in [1.54, 1.807) is 6.08 Å². The van der Waals surface area contributed by atoms with Crippen LogP contribution in [-0.4, -0.2) is 50.2 Å². The van der Waals surface area contributed by atoms with Gasteiger partial charge in [0.15, 0.2) is 11.5 Å². The molecule has 2 bridgehead atoms. The van der Waals surface area contributed by atoms with E-state index in [1.807, 2.05) is 0 Å². The van der Waals surface area contributed by atoms with Crippen molar-refractivity contribution in [3.8, 4) is 11.5 Å². The quantitative estimate of drug-likeness (QED) is 0.841. The molecular formula is C18H21NO3. The van der Waals surface area contributed by atoms with Crippen molar-refractivity contribution in [1.29, 1.82) is 1.43 Å². The Kier molecular flexibility index (Phi) is 1.14. The number of aliphatic hydroxyl groups excluding tert-OH is 1. The number of hydrogen-bond donors (Lipinski definition) is 1. The van der Waals surface area contributed by atoms with Crippen LogP contribution < -0.4 is 9.47 Å². The van der Waals surface area contributed by atoms with Gasteiger partial charge in [-0.15, -0.1) is 0 Å². The van der Waals surface area contributed by atoms with Gasteiger partial charge in [0.2, 0.25) is 1.43 Å². The van der Waals surface area contributed by atoms with Crippen LogP contribution in [0.5, 0.6) is 11.5 Å². The molecule has 5 rings (SSSR count). The Morgan fingerprint density at radius 1 is 1.59 bits per heavy atom. The molecule has 0 saturated carbocycles. The van der Waals surface area contributed by atoms with Gasteiger partial charge in [-0.3, -0.25) is 0 Å². The summed E-state index contributed by atoms with van der Waals surface area (Å²) >= 11 is 0. The number of piperidine rings is 1. The minimum absolute atomic E-state index is 0.0222. The molecule has 2 aliphatic carbocycles. The number of hydrogen-bond acceptors (Lipinski definition) is 4. The van der Waals surface area contributed by atoms with Crippen molar-refractivity contribution in [2.45, 2.75) is 36.5 Å². The number of methoxy groups -OCH3 is 1. The van der Waals surface area contributed by atoms with Gasteiger partial charge in [0.25, 0.3) is 0 Å². The fourth-order valence-electron chi connectivity index (χ4n) is 4.47. The third-order valence-electron chi connectivity index (χ3n) is 5.32. The summed E-state index contributed by atoms with van der Waals surface area (Å²) < 4.78 is 101. The van der Waals surface area contributed by atoms with E-state index in [1.165, 1.54) is 6.08 Å². The molecule has 1 saturated heterocycles. The first-order valence-electron chi connectivity index (χ1n) is 12.7. The molecule has 4 heteroatoms. The Morgan fingerprint density at radius 2 is 2.59 bits per heavy atom. The van der Waals surface area contributed by atoms with Gasteiger partial charge < -0.3 is 19.5 Å². The molecule has 1 fully saturated rings. The smallest absolute Gasteiger partial charge is 0.211 e. The number of likely N-dealkylation sites (N-methyl/N-ethyl adjacent to an activating group) is 1. The second kappa shape index (κ2) is 4.06. The first kappa shape index (κ1) is 6.17. The van der Waals surface area contributed by atoms with Crippen LogP contribution >= 0.6 is 0 Å². The van der Waals surface area contributed by atoms with Crippen LogP contribution in [0.3, 0.4) is 0 Å². The van der Waals surface area contributed by atoms with E-state index in [9.17, 15) is 2.74 Å².